The molecule has 1 aliphatic heterocycles. The fraction of sp³-hybridized carbons (Fsp3) is 0.344. The molecule has 1 amide bonds. The van der Waals surface area contributed by atoms with Crippen LogP contribution in [0.5, 0.6) is 5.75 Å². The normalized spacial score (nSPS) is 20.5. The third kappa shape index (κ3) is 3.99. The number of hydrogen-bond acceptors (Lipinski definition) is 3. The van der Waals surface area contributed by atoms with Gasteiger partial charge in [0.15, 0.2) is 0 Å². The van der Waals surface area contributed by atoms with E-state index in [0.29, 0.717) is 12.0 Å². The van der Waals surface area contributed by atoms with Crippen LogP contribution in [0.2, 0.25) is 0 Å². The van der Waals surface area contributed by atoms with Crippen LogP contribution in [0.4, 0.5) is 0 Å². The molecule has 3 aromatic carbocycles. The molecule has 36 heavy (non-hydrogen) atoms. The van der Waals surface area contributed by atoms with Crippen molar-refractivity contribution in [2.75, 3.05) is 13.7 Å². The number of rotatable bonds is 4. The molecule has 184 valence electrons. The third-order valence-electron chi connectivity index (χ3n) is 8.27. The average Bonchev–Trinajstić information content (AvgIpc) is 3.34. The van der Waals surface area contributed by atoms with Crippen molar-refractivity contribution in [3.63, 3.8) is 0 Å². The SMILES string of the molecule is COc1cc2occ(-c3cccc4ccccc34)c2cc1/C(C)=C/C(=O)N1CCCC2CCCCC21. The summed E-state index contributed by atoms with van der Waals surface area (Å²) in [5.41, 5.74) is 4.81. The first kappa shape index (κ1) is 22.9. The quantitative estimate of drug-likeness (QED) is 0.280. The van der Waals surface area contributed by atoms with Crippen molar-refractivity contribution >= 4 is 33.2 Å². The molecule has 1 saturated carbocycles. The van der Waals surface area contributed by atoms with Crippen molar-refractivity contribution in [1.29, 1.82) is 0 Å². The summed E-state index contributed by atoms with van der Waals surface area (Å²) in [6.45, 7) is 2.88. The largest absolute Gasteiger partial charge is 0.496 e. The summed E-state index contributed by atoms with van der Waals surface area (Å²) in [5, 5.41) is 3.41. The number of nitrogens with zero attached hydrogens (tertiary/aromatic N) is 1. The van der Waals surface area contributed by atoms with Gasteiger partial charge in [0, 0.05) is 41.2 Å². The summed E-state index contributed by atoms with van der Waals surface area (Å²) >= 11 is 0. The molecule has 2 aliphatic rings. The highest BCUT2D eigenvalue weighted by Gasteiger charge is 2.35. The Kier molecular flexibility index (Phi) is 6.04. The molecular weight excluding hydrogens is 446 g/mol. The summed E-state index contributed by atoms with van der Waals surface area (Å²) in [6.07, 6.45) is 11.0. The van der Waals surface area contributed by atoms with Crippen molar-refractivity contribution in [2.45, 2.75) is 51.5 Å². The maximum atomic E-state index is 13.5. The Labute approximate surface area is 212 Å². The fourth-order valence-corrected chi connectivity index (χ4v) is 6.45. The van der Waals surface area contributed by atoms with Gasteiger partial charge in [-0.2, -0.15) is 0 Å². The molecule has 4 heteroatoms. The number of ether oxygens (including phenoxy) is 1. The standard InChI is InChI=1S/C32H33NO3/c1-21(17-32(34)33-16-8-12-23-10-4-6-15-29(23)33)26-18-27-28(20-36-31(27)19-30(26)35-2)25-14-7-11-22-9-3-5-13-24(22)25/h3,5,7,9,11,13-14,17-20,23,29H,4,6,8,10,12,15-16H2,1-2H3/b21-17+. The predicted molar refractivity (Wildman–Crippen MR) is 146 cm³/mol. The molecule has 1 aromatic heterocycles. The van der Waals surface area contributed by atoms with E-state index >= 15 is 0 Å². The van der Waals surface area contributed by atoms with Gasteiger partial charge in [0.2, 0.25) is 5.91 Å². The molecule has 0 radical (unpaired) electrons. The van der Waals surface area contributed by atoms with E-state index in [4.69, 9.17) is 9.15 Å². The van der Waals surface area contributed by atoms with E-state index in [1.165, 1.54) is 36.5 Å². The number of hydrogen-bond donors (Lipinski definition) is 0. The van der Waals surface area contributed by atoms with Crippen LogP contribution in [0.15, 0.2) is 71.4 Å². The minimum Gasteiger partial charge on any atom is -0.496 e. The van der Waals surface area contributed by atoms with Gasteiger partial charge < -0.3 is 14.1 Å². The maximum Gasteiger partial charge on any atom is 0.247 e. The number of likely N-dealkylation sites (tertiary alicyclic amines) is 1. The summed E-state index contributed by atoms with van der Waals surface area (Å²) in [7, 11) is 1.67. The van der Waals surface area contributed by atoms with Crippen LogP contribution in [-0.4, -0.2) is 30.5 Å². The van der Waals surface area contributed by atoms with E-state index in [9.17, 15) is 4.79 Å². The fourth-order valence-electron chi connectivity index (χ4n) is 6.45. The van der Waals surface area contributed by atoms with Gasteiger partial charge in [-0.05, 0) is 66.5 Å². The molecule has 2 unspecified atom stereocenters. The summed E-state index contributed by atoms with van der Waals surface area (Å²) in [4.78, 5) is 15.6. The smallest absolute Gasteiger partial charge is 0.247 e. The Morgan fingerprint density at radius 1 is 0.972 bits per heavy atom. The van der Waals surface area contributed by atoms with Gasteiger partial charge in [-0.25, -0.2) is 0 Å². The number of piperidine rings is 1. The highest BCUT2D eigenvalue weighted by molar-refractivity contribution is 6.06. The van der Waals surface area contributed by atoms with Crippen LogP contribution in [-0.2, 0) is 4.79 Å². The van der Waals surface area contributed by atoms with Crippen molar-refractivity contribution in [2.24, 2.45) is 5.92 Å². The second kappa shape index (κ2) is 9.50. The van der Waals surface area contributed by atoms with Crippen LogP contribution in [0.1, 0.15) is 51.0 Å². The lowest BCUT2D eigenvalue weighted by atomic mass is 9.78. The Morgan fingerprint density at radius 3 is 2.67 bits per heavy atom. The minimum atomic E-state index is 0.132. The summed E-state index contributed by atoms with van der Waals surface area (Å²) in [6, 6.07) is 19.2. The number of furan rings is 1. The molecule has 0 bridgehead atoms. The Bertz CT molecular complexity index is 1460. The molecule has 1 aliphatic carbocycles. The van der Waals surface area contributed by atoms with E-state index < -0.39 is 0 Å². The third-order valence-corrected chi connectivity index (χ3v) is 8.27. The van der Waals surface area contributed by atoms with E-state index in [1.807, 2.05) is 25.3 Å². The van der Waals surface area contributed by atoms with Gasteiger partial charge in [0.25, 0.3) is 0 Å². The van der Waals surface area contributed by atoms with Gasteiger partial charge in [-0.3, -0.25) is 4.79 Å². The van der Waals surface area contributed by atoms with Gasteiger partial charge in [-0.1, -0.05) is 55.3 Å². The highest BCUT2D eigenvalue weighted by Crippen LogP contribution is 2.40. The Morgan fingerprint density at radius 2 is 1.78 bits per heavy atom. The van der Waals surface area contributed by atoms with Gasteiger partial charge in [0.05, 0.1) is 13.4 Å². The zero-order chi connectivity index (χ0) is 24.6. The number of carbonyl (C=O) groups excluding carboxylic acids is 1. The van der Waals surface area contributed by atoms with E-state index in [-0.39, 0.29) is 5.91 Å². The maximum absolute atomic E-state index is 13.5. The molecule has 2 fully saturated rings. The Hall–Kier alpha value is -3.53. The number of fused-ring (bicyclic) bond motifs is 3. The minimum absolute atomic E-state index is 0.132. The first-order valence-corrected chi connectivity index (χ1v) is 13.2. The molecule has 4 aromatic rings. The first-order chi connectivity index (χ1) is 17.6. The molecule has 6 rings (SSSR count). The van der Waals surface area contributed by atoms with E-state index in [1.54, 1.807) is 7.11 Å². The lowest BCUT2D eigenvalue weighted by molar-refractivity contribution is -0.132. The van der Waals surface area contributed by atoms with Gasteiger partial charge >= 0.3 is 0 Å². The monoisotopic (exact) mass is 479 g/mol. The van der Waals surface area contributed by atoms with Crippen molar-refractivity contribution in [3.05, 3.63) is 72.5 Å². The number of carbonyl (C=O) groups is 1. The van der Waals surface area contributed by atoms with Crippen molar-refractivity contribution in [3.8, 4) is 16.9 Å². The van der Waals surface area contributed by atoms with Gasteiger partial charge in [0.1, 0.15) is 11.3 Å². The summed E-state index contributed by atoms with van der Waals surface area (Å²) < 4.78 is 11.7. The molecule has 0 spiro atoms. The Balaban J connectivity index is 1.40. The predicted octanol–water partition coefficient (Wildman–Crippen LogP) is 7.85. The van der Waals surface area contributed by atoms with Crippen molar-refractivity contribution < 1.29 is 13.9 Å². The molecule has 4 nitrogen and oxygen atoms in total. The molecule has 2 atom stereocenters. The molecule has 0 N–H and O–H groups in total. The zero-order valence-electron chi connectivity index (χ0n) is 21.1. The van der Waals surface area contributed by atoms with Crippen LogP contribution < -0.4 is 4.74 Å². The topological polar surface area (TPSA) is 42.7 Å². The van der Waals surface area contributed by atoms with Crippen molar-refractivity contribution in [1.82, 2.24) is 4.90 Å². The van der Waals surface area contributed by atoms with E-state index in [2.05, 4.69) is 53.4 Å². The molecule has 2 heterocycles. The number of allylic oxidation sites excluding steroid dienone is 1. The van der Waals surface area contributed by atoms with Crippen LogP contribution in [0.25, 0.3) is 38.4 Å². The van der Waals surface area contributed by atoms with E-state index in [0.717, 1.165) is 58.4 Å². The first-order valence-electron chi connectivity index (χ1n) is 13.2. The lowest BCUT2D eigenvalue weighted by Crippen LogP contribution is -2.49. The zero-order valence-corrected chi connectivity index (χ0v) is 21.1. The number of benzene rings is 3. The summed E-state index contributed by atoms with van der Waals surface area (Å²) in [5.74, 6) is 1.52. The van der Waals surface area contributed by atoms with Gasteiger partial charge in [-0.15, -0.1) is 0 Å². The van der Waals surface area contributed by atoms with Crippen LogP contribution in [0.3, 0.4) is 0 Å². The average molecular weight is 480 g/mol. The number of amides is 1. The van der Waals surface area contributed by atoms with Crippen LogP contribution in [0, 0.1) is 5.92 Å². The second-order valence-electron chi connectivity index (χ2n) is 10.3. The molecular formula is C32H33NO3. The second-order valence-corrected chi connectivity index (χ2v) is 10.3. The highest BCUT2D eigenvalue weighted by atomic mass is 16.5. The van der Waals surface area contributed by atoms with Crippen LogP contribution >= 0.6 is 0 Å². The lowest BCUT2D eigenvalue weighted by Gasteiger charge is -2.43. The number of methoxy groups -OCH3 is 1. The molecule has 1 saturated heterocycles.